The standard InChI is InChI=1S/C7H10FNO5/c1-3(10)9-5(7(13)14)2-4(8)6(11)12/h4-5H,2H2,1H3,(H,9,10)(H,11,12)(H,13,14)/t4-,5+/m0/s1. The monoisotopic (exact) mass is 207 g/mol. The summed E-state index contributed by atoms with van der Waals surface area (Å²) in [6.07, 6.45) is -3.09. The van der Waals surface area contributed by atoms with Gasteiger partial charge >= 0.3 is 11.9 Å². The van der Waals surface area contributed by atoms with Crippen LogP contribution in [0.4, 0.5) is 4.39 Å². The summed E-state index contributed by atoms with van der Waals surface area (Å²) in [5.41, 5.74) is 0. The van der Waals surface area contributed by atoms with E-state index >= 15 is 0 Å². The summed E-state index contributed by atoms with van der Waals surface area (Å²) >= 11 is 0. The molecular formula is C7H10FNO5. The van der Waals surface area contributed by atoms with Crippen molar-refractivity contribution in [3.8, 4) is 0 Å². The molecule has 0 fully saturated rings. The highest BCUT2D eigenvalue weighted by Crippen LogP contribution is 2.03. The summed E-state index contributed by atoms with van der Waals surface area (Å²) in [5, 5.41) is 18.6. The van der Waals surface area contributed by atoms with E-state index in [4.69, 9.17) is 10.2 Å². The van der Waals surface area contributed by atoms with Gasteiger partial charge in [0.15, 0.2) is 6.17 Å². The van der Waals surface area contributed by atoms with Crippen molar-refractivity contribution < 1.29 is 29.0 Å². The summed E-state index contributed by atoms with van der Waals surface area (Å²) < 4.78 is 12.6. The zero-order valence-electron chi connectivity index (χ0n) is 7.36. The highest BCUT2D eigenvalue weighted by atomic mass is 19.1. The molecule has 1 amide bonds. The Morgan fingerprint density at radius 1 is 1.29 bits per heavy atom. The number of hydrogen-bond acceptors (Lipinski definition) is 3. The van der Waals surface area contributed by atoms with E-state index in [9.17, 15) is 18.8 Å². The molecule has 0 aromatic rings. The van der Waals surface area contributed by atoms with E-state index in [0.717, 1.165) is 6.92 Å². The number of aliphatic carboxylic acids is 2. The van der Waals surface area contributed by atoms with E-state index < -0.39 is 36.5 Å². The molecule has 3 N–H and O–H groups in total. The van der Waals surface area contributed by atoms with Crippen LogP contribution in [0, 0.1) is 0 Å². The molecule has 2 atom stereocenters. The van der Waals surface area contributed by atoms with Crippen LogP contribution < -0.4 is 5.32 Å². The molecule has 0 saturated heterocycles. The molecule has 0 aliphatic rings. The first-order valence-electron chi connectivity index (χ1n) is 3.71. The molecule has 0 saturated carbocycles. The van der Waals surface area contributed by atoms with Gasteiger partial charge in [-0.1, -0.05) is 0 Å². The van der Waals surface area contributed by atoms with Crippen LogP contribution in [0.15, 0.2) is 0 Å². The van der Waals surface area contributed by atoms with E-state index in [1.165, 1.54) is 0 Å². The smallest absolute Gasteiger partial charge is 0.338 e. The third-order valence-electron chi connectivity index (χ3n) is 1.39. The molecule has 0 rings (SSSR count). The molecular weight excluding hydrogens is 197 g/mol. The van der Waals surface area contributed by atoms with Gasteiger partial charge in [-0.25, -0.2) is 14.0 Å². The molecule has 0 unspecified atom stereocenters. The molecule has 7 heteroatoms. The number of nitrogens with one attached hydrogen (secondary N) is 1. The Labute approximate surface area is 78.7 Å². The van der Waals surface area contributed by atoms with E-state index in [-0.39, 0.29) is 0 Å². The second-order valence-electron chi connectivity index (χ2n) is 2.63. The normalized spacial score (nSPS) is 14.1. The molecule has 0 spiro atoms. The SMILES string of the molecule is CC(=O)N[C@H](C[C@H](F)C(=O)O)C(=O)O. The fourth-order valence-corrected chi connectivity index (χ4v) is 0.775. The topological polar surface area (TPSA) is 104 Å². The predicted molar refractivity (Wildman–Crippen MR) is 42.4 cm³/mol. The lowest BCUT2D eigenvalue weighted by Gasteiger charge is -2.13. The van der Waals surface area contributed by atoms with Gasteiger partial charge in [0.25, 0.3) is 0 Å². The van der Waals surface area contributed by atoms with E-state index in [1.54, 1.807) is 0 Å². The number of carbonyl (C=O) groups excluding carboxylic acids is 1. The maximum Gasteiger partial charge on any atom is 0.338 e. The van der Waals surface area contributed by atoms with Crippen LogP contribution in [0.3, 0.4) is 0 Å². The minimum Gasteiger partial charge on any atom is -0.480 e. The predicted octanol–water partition coefficient (Wildman–Crippen LogP) is -0.611. The molecule has 0 heterocycles. The van der Waals surface area contributed by atoms with E-state index in [1.807, 2.05) is 5.32 Å². The van der Waals surface area contributed by atoms with Gasteiger partial charge in [0.2, 0.25) is 5.91 Å². The summed E-state index contributed by atoms with van der Waals surface area (Å²) in [6, 6.07) is -1.52. The minimum absolute atomic E-state index is 0.657. The molecule has 0 aromatic heterocycles. The fraction of sp³-hybridized carbons (Fsp3) is 0.571. The first kappa shape index (κ1) is 12.3. The largest absolute Gasteiger partial charge is 0.480 e. The number of alkyl halides is 1. The maximum absolute atomic E-state index is 12.6. The molecule has 0 radical (unpaired) electrons. The number of halogens is 1. The van der Waals surface area contributed by atoms with Gasteiger partial charge in [-0.05, 0) is 0 Å². The van der Waals surface area contributed by atoms with Gasteiger partial charge in [-0.15, -0.1) is 0 Å². The Hall–Kier alpha value is -1.66. The van der Waals surface area contributed by atoms with Gasteiger partial charge in [-0.3, -0.25) is 4.79 Å². The van der Waals surface area contributed by atoms with Crippen molar-refractivity contribution in [1.29, 1.82) is 0 Å². The lowest BCUT2D eigenvalue weighted by molar-refractivity contribution is -0.146. The molecule has 6 nitrogen and oxygen atoms in total. The number of carboxylic acids is 2. The van der Waals surface area contributed by atoms with Crippen LogP contribution in [-0.4, -0.2) is 40.3 Å². The van der Waals surface area contributed by atoms with Crippen LogP contribution in [0.1, 0.15) is 13.3 Å². The molecule has 80 valence electrons. The van der Waals surface area contributed by atoms with Crippen LogP contribution in [-0.2, 0) is 14.4 Å². The number of rotatable bonds is 5. The summed E-state index contributed by atoms with van der Waals surface area (Å²) in [7, 11) is 0. The van der Waals surface area contributed by atoms with Crippen molar-refractivity contribution in [3.05, 3.63) is 0 Å². The Morgan fingerprint density at radius 2 is 1.79 bits per heavy atom. The van der Waals surface area contributed by atoms with Gasteiger partial charge in [-0.2, -0.15) is 0 Å². The van der Waals surface area contributed by atoms with Crippen molar-refractivity contribution in [3.63, 3.8) is 0 Å². The molecule has 14 heavy (non-hydrogen) atoms. The lowest BCUT2D eigenvalue weighted by atomic mass is 10.1. The molecule has 0 aliphatic carbocycles. The highest BCUT2D eigenvalue weighted by Gasteiger charge is 2.27. The van der Waals surface area contributed by atoms with Gasteiger partial charge in [0, 0.05) is 13.3 Å². The number of amides is 1. The van der Waals surface area contributed by atoms with Crippen molar-refractivity contribution in [2.45, 2.75) is 25.6 Å². The average molecular weight is 207 g/mol. The second-order valence-corrected chi connectivity index (χ2v) is 2.63. The Balaban J connectivity index is 4.30. The maximum atomic E-state index is 12.6. The van der Waals surface area contributed by atoms with Gasteiger partial charge in [0.05, 0.1) is 0 Å². The molecule has 0 bridgehead atoms. The first-order valence-corrected chi connectivity index (χ1v) is 3.71. The minimum atomic E-state index is -2.30. The fourth-order valence-electron chi connectivity index (χ4n) is 0.775. The molecule has 0 aliphatic heterocycles. The summed E-state index contributed by atoms with van der Waals surface area (Å²) in [6.45, 7) is 1.06. The average Bonchev–Trinajstić information content (AvgIpc) is 2.01. The Bertz CT molecular complexity index is 254. The van der Waals surface area contributed by atoms with Crippen LogP contribution in [0.25, 0.3) is 0 Å². The number of carbonyl (C=O) groups is 3. The van der Waals surface area contributed by atoms with Crippen LogP contribution in [0.5, 0.6) is 0 Å². The zero-order valence-corrected chi connectivity index (χ0v) is 7.36. The zero-order chi connectivity index (χ0) is 11.3. The number of carboxylic acid groups (broad SMARTS) is 2. The van der Waals surface area contributed by atoms with Crippen molar-refractivity contribution in [2.75, 3.05) is 0 Å². The van der Waals surface area contributed by atoms with Crippen LogP contribution in [0.2, 0.25) is 0 Å². The van der Waals surface area contributed by atoms with Crippen LogP contribution >= 0.6 is 0 Å². The summed E-state index contributed by atoms with van der Waals surface area (Å²) in [5.74, 6) is -3.87. The second kappa shape index (κ2) is 5.15. The quantitative estimate of drug-likeness (QED) is 0.557. The molecule has 0 aromatic carbocycles. The van der Waals surface area contributed by atoms with Crippen molar-refractivity contribution in [1.82, 2.24) is 5.32 Å². The van der Waals surface area contributed by atoms with Crippen molar-refractivity contribution >= 4 is 17.8 Å². The Morgan fingerprint density at radius 3 is 2.07 bits per heavy atom. The van der Waals surface area contributed by atoms with Gasteiger partial charge < -0.3 is 15.5 Å². The van der Waals surface area contributed by atoms with E-state index in [2.05, 4.69) is 0 Å². The van der Waals surface area contributed by atoms with E-state index in [0.29, 0.717) is 0 Å². The third kappa shape index (κ3) is 4.39. The lowest BCUT2D eigenvalue weighted by Crippen LogP contribution is -2.42. The Kier molecular flexibility index (Phi) is 4.54. The third-order valence-corrected chi connectivity index (χ3v) is 1.39. The van der Waals surface area contributed by atoms with Crippen molar-refractivity contribution in [2.24, 2.45) is 0 Å². The number of hydrogen-bond donors (Lipinski definition) is 3. The van der Waals surface area contributed by atoms with Gasteiger partial charge in [0.1, 0.15) is 6.04 Å². The summed E-state index contributed by atoms with van der Waals surface area (Å²) in [4.78, 5) is 30.9. The first-order chi connectivity index (χ1) is 6.34. The highest BCUT2D eigenvalue weighted by molar-refractivity contribution is 5.83.